The van der Waals surface area contributed by atoms with Crippen molar-refractivity contribution < 1.29 is 48.2 Å². The van der Waals surface area contributed by atoms with Gasteiger partial charge < -0.3 is 1.43 Å². The van der Waals surface area contributed by atoms with Crippen LogP contribution in [0.25, 0.3) is 0 Å². The molecule has 0 heterocycles. The van der Waals surface area contributed by atoms with Crippen LogP contribution < -0.4 is 29.6 Å². The van der Waals surface area contributed by atoms with E-state index in [4.69, 9.17) is 11.6 Å². The Hall–Kier alpha value is -0.460. The van der Waals surface area contributed by atoms with Crippen molar-refractivity contribution in [2.24, 2.45) is 0 Å². The van der Waals surface area contributed by atoms with Gasteiger partial charge in [-0.15, -0.1) is 0 Å². The van der Waals surface area contributed by atoms with E-state index in [9.17, 15) is 17.2 Å². The molecule has 0 aromatic heterocycles. The molecule has 0 spiro atoms. The van der Waals surface area contributed by atoms with Gasteiger partial charge in [0.25, 0.3) is 0 Å². The molecular weight excluding hydrogens is 353 g/mol. The fourth-order valence-electron chi connectivity index (χ4n) is 2.87. The zero-order chi connectivity index (χ0) is 16.0. The van der Waals surface area contributed by atoms with Gasteiger partial charge in [0.15, 0.2) is 9.84 Å². The van der Waals surface area contributed by atoms with Gasteiger partial charge in [-0.2, -0.15) is 0 Å². The normalized spacial score (nSPS) is 16.3. The van der Waals surface area contributed by atoms with Crippen molar-refractivity contribution in [1.29, 1.82) is 0 Å². The van der Waals surface area contributed by atoms with E-state index < -0.39 is 26.2 Å². The molecule has 0 aliphatic heterocycles. The summed E-state index contributed by atoms with van der Waals surface area (Å²) >= 11 is 5.78. The van der Waals surface area contributed by atoms with Gasteiger partial charge in [-0.05, 0) is 61.7 Å². The molecule has 0 amide bonds. The van der Waals surface area contributed by atoms with E-state index in [1.54, 1.807) is 0 Å². The van der Waals surface area contributed by atoms with Crippen LogP contribution in [-0.2, 0) is 14.6 Å². The summed E-state index contributed by atoms with van der Waals surface area (Å²) in [6, 6.07) is 8.69. The summed E-state index contributed by atoms with van der Waals surface area (Å²) < 4.78 is 52.2. The summed E-state index contributed by atoms with van der Waals surface area (Å²) in [5, 5.41) is 0.415. The van der Waals surface area contributed by atoms with Crippen molar-refractivity contribution in [3.05, 3.63) is 64.7 Å². The van der Waals surface area contributed by atoms with Gasteiger partial charge in [0, 0.05) is 10.6 Å². The first-order valence-electron chi connectivity index (χ1n) is 6.83. The second-order valence-corrected chi connectivity index (χ2v) is 8.13. The molecule has 118 valence electrons. The van der Waals surface area contributed by atoms with E-state index in [2.05, 4.69) is 0 Å². The predicted molar refractivity (Wildman–Crippen MR) is 81.6 cm³/mol. The SMILES string of the molecule is O=S(=O)(c1ccc(Cl)cc1)C1(c2cc(F)ccc2F)CCC1.[H-].[Na+]. The monoisotopic (exact) mass is 366 g/mol. The van der Waals surface area contributed by atoms with Gasteiger partial charge in [0.1, 0.15) is 16.4 Å². The molecule has 2 aromatic carbocycles. The maximum absolute atomic E-state index is 14.1. The molecule has 23 heavy (non-hydrogen) atoms. The van der Waals surface area contributed by atoms with E-state index in [1.165, 1.54) is 24.3 Å². The molecule has 2 aromatic rings. The van der Waals surface area contributed by atoms with Crippen LogP contribution in [0.2, 0.25) is 5.02 Å². The van der Waals surface area contributed by atoms with Crippen molar-refractivity contribution in [2.45, 2.75) is 28.9 Å². The first-order chi connectivity index (χ1) is 10.4. The summed E-state index contributed by atoms with van der Waals surface area (Å²) in [7, 11) is -3.84. The third-order valence-electron chi connectivity index (χ3n) is 4.22. The van der Waals surface area contributed by atoms with Crippen molar-refractivity contribution in [3.63, 3.8) is 0 Å². The van der Waals surface area contributed by atoms with Crippen LogP contribution in [0.1, 0.15) is 26.3 Å². The van der Waals surface area contributed by atoms with E-state index in [-0.39, 0.29) is 54.3 Å². The number of rotatable bonds is 3. The number of halogens is 3. The third-order valence-corrected chi connectivity index (χ3v) is 7.02. The number of sulfone groups is 1. The van der Waals surface area contributed by atoms with E-state index in [0.717, 1.165) is 18.2 Å². The molecule has 1 saturated carbocycles. The number of benzene rings is 2. The van der Waals surface area contributed by atoms with Crippen molar-refractivity contribution >= 4 is 21.4 Å². The second-order valence-electron chi connectivity index (χ2n) is 5.43. The number of hydrogen-bond acceptors (Lipinski definition) is 2. The zero-order valence-electron chi connectivity index (χ0n) is 13.5. The summed E-state index contributed by atoms with van der Waals surface area (Å²) in [6.45, 7) is 0. The Morgan fingerprint density at radius 1 is 1.04 bits per heavy atom. The standard InChI is InChI=1S/C16H13ClF2O2S.Na.H/c17-11-2-5-13(6-3-11)22(20,21)16(8-1-9-16)14-10-12(18)4-7-15(14)19;;/h2-7,10H,1,8-9H2;;/q;+1;-1. The molecule has 0 radical (unpaired) electrons. The largest absolute Gasteiger partial charge is 1.00 e. The molecule has 0 saturated heterocycles. The quantitative estimate of drug-likeness (QED) is 0.773. The number of hydrogen-bond donors (Lipinski definition) is 0. The maximum atomic E-state index is 14.1. The second kappa shape index (κ2) is 6.81. The molecule has 0 unspecified atom stereocenters. The summed E-state index contributed by atoms with van der Waals surface area (Å²) in [6.07, 6.45) is 1.21. The van der Waals surface area contributed by atoms with Gasteiger partial charge in [0.05, 0.1) is 4.90 Å². The van der Waals surface area contributed by atoms with E-state index >= 15 is 0 Å². The topological polar surface area (TPSA) is 34.1 Å². The van der Waals surface area contributed by atoms with Gasteiger partial charge in [0.2, 0.25) is 0 Å². The Morgan fingerprint density at radius 3 is 2.17 bits per heavy atom. The van der Waals surface area contributed by atoms with E-state index in [0.29, 0.717) is 11.4 Å². The molecule has 2 nitrogen and oxygen atoms in total. The van der Waals surface area contributed by atoms with Crippen LogP contribution in [0.15, 0.2) is 47.4 Å². The molecule has 0 bridgehead atoms. The first kappa shape index (κ1) is 18.9. The van der Waals surface area contributed by atoms with Gasteiger partial charge in [-0.25, -0.2) is 17.2 Å². The van der Waals surface area contributed by atoms with E-state index in [1.807, 2.05) is 0 Å². The maximum Gasteiger partial charge on any atom is 1.00 e. The van der Waals surface area contributed by atoms with Crippen molar-refractivity contribution in [1.82, 2.24) is 0 Å². The molecule has 7 heteroatoms. The van der Waals surface area contributed by atoms with Crippen LogP contribution in [0.4, 0.5) is 8.78 Å². The van der Waals surface area contributed by atoms with Crippen LogP contribution >= 0.6 is 11.6 Å². The van der Waals surface area contributed by atoms with Gasteiger partial charge >= 0.3 is 29.6 Å². The molecule has 3 rings (SSSR count). The minimum absolute atomic E-state index is 0. The van der Waals surface area contributed by atoms with Crippen LogP contribution in [0.5, 0.6) is 0 Å². The average molecular weight is 367 g/mol. The summed E-state index contributed by atoms with van der Waals surface area (Å²) in [5.41, 5.74) is -0.0892. The summed E-state index contributed by atoms with van der Waals surface area (Å²) in [5.74, 6) is -1.34. The Balaban J connectivity index is 0.00000144. The third kappa shape index (κ3) is 3.10. The fraction of sp³-hybridized carbons (Fsp3) is 0.250. The Bertz CT molecular complexity index is 824. The minimum Gasteiger partial charge on any atom is -1.00 e. The zero-order valence-corrected chi connectivity index (χ0v) is 16.1. The van der Waals surface area contributed by atoms with Crippen LogP contribution in [0, 0.1) is 11.6 Å². The molecule has 1 fully saturated rings. The van der Waals surface area contributed by atoms with Crippen LogP contribution in [0.3, 0.4) is 0 Å². The van der Waals surface area contributed by atoms with Crippen LogP contribution in [-0.4, -0.2) is 8.42 Å². The smallest absolute Gasteiger partial charge is 1.00 e. The van der Waals surface area contributed by atoms with Crippen molar-refractivity contribution in [3.8, 4) is 0 Å². The average Bonchev–Trinajstić information content (AvgIpc) is 2.41. The fourth-order valence-corrected chi connectivity index (χ4v) is 5.21. The predicted octanol–water partition coefficient (Wildman–Crippen LogP) is 1.59. The molecule has 1 aliphatic carbocycles. The Kier molecular flexibility index (Phi) is 5.58. The minimum atomic E-state index is -3.84. The van der Waals surface area contributed by atoms with Gasteiger partial charge in [-0.1, -0.05) is 11.6 Å². The Labute approximate surface area is 162 Å². The molecule has 0 N–H and O–H groups in total. The van der Waals surface area contributed by atoms with Gasteiger partial charge in [-0.3, -0.25) is 0 Å². The molecule has 1 aliphatic rings. The Morgan fingerprint density at radius 2 is 1.65 bits per heavy atom. The summed E-state index contributed by atoms with van der Waals surface area (Å²) in [4.78, 5) is 0.0697. The molecule has 0 atom stereocenters. The van der Waals surface area contributed by atoms with Crippen molar-refractivity contribution in [2.75, 3.05) is 0 Å². The molecular formula is C16H14ClF2NaO2S. The first-order valence-corrected chi connectivity index (χ1v) is 8.69.